The van der Waals surface area contributed by atoms with Crippen molar-refractivity contribution in [1.29, 1.82) is 0 Å². The summed E-state index contributed by atoms with van der Waals surface area (Å²) < 4.78 is 16.4. The van der Waals surface area contributed by atoms with Crippen LogP contribution in [-0.4, -0.2) is 54.5 Å². The third kappa shape index (κ3) is 3.87. The predicted molar refractivity (Wildman–Crippen MR) is 106 cm³/mol. The monoisotopic (exact) mass is 405 g/mol. The molecule has 152 valence electrons. The van der Waals surface area contributed by atoms with Gasteiger partial charge in [0.2, 0.25) is 0 Å². The molecule has 2 aromatic rings. The number of ether oxygens (including phenoxy) is 2. The molecule has 0 saturated carbocycles. The number of thiophene rings is 1. The molecule has 2 aliphatic rings. The van der Waals surface area contributed by atoms with Crippen LogP contribution >= 0.6 is 11.3 Å². The molecule has 4 rings (SSSR count). The maximum atomic E-state index is 12.9. The second-order valence-corrected chi connectivity index (χ2v) is 8.39. The van der Waals surface area contributed by atoms with Crippen molar-refractivity contribution in [3.8, 4) is 0 Å². The van der Waals surface area contributed by atoms with Gasteiger partial charge in [0.15, 0.2) is 0 Å². The van der Waals surface area contributed by atoms with Gasteiger partial charge in [-0.3, -0.25) is 9.69 Å². The second-order valence-electron chi connectivity index (χ2n) is 7.43. The van der Waals surface area contributed by atoms with E-state index < -0.39 is 0 Å². The number of carbonyl (C=O) groups excluding carboxylic acids is 1. The van der Waals surface area contributed by atoms with Crippen molar-refractivity contribution < 1.29 is 18.8 Å². The van der Waals surface area contributed by atoms with E-state index in [2.05, 4.69) is 15.4 Å². The van der Waals surface area contributed by atoms with E-state index in [9.17, 15) is 4.79 Å². The van der Waals surface area contributed by atoms with Crippen LogP contribution in [0.1, 0.15) is 44.7 Å². The van der Waals surface area contributed by atoms with Gasteiger partial charge in [-0.05, 0) is 32.8 Å². The Morgan fingerprint density at radius 2 is 2.29 bits per heavy atom. The summed E-state index contributed by atoms with van der Waals surface area (Å²) >= 11 is 1.67. The molecule has 8 heteroatoms. The Hall–Kier alpha value is -1.74. The zero-order valence-corrected chi connectivity index (χ0v) is 17.4. The van der Waals surface area contributed by atoms with Crippen LogP contribution in [0.15, 0.2) is 9.90 Å². The number of aryl methyl sites for hydroxylation is 2. The molecule has 1 N–H and O–H groups in total. The molecule has 1 saturated heterocycles. The largest absolute Gasteiger partial charge is 0.376 e. The van der Waals surface area contributed by atoms with Gasteiger partial charge in [-0.25, -0.2) is 0 Å². The third-order valence-electron chi connectivity index (χ3n) is 5.56. The molecule has 4 heterocycles. The summed E-state index contributed by atoms with van der Waals surface area (Å²) in [5, 5.41) is 9.15. The summed E-state index contributed by atoms with van der Waals surface area (Å²) in [5.74, 6) is 0.869. The lowest BCUT2D eigenvalue weighted by molar-refractivity contribution is 0.0402. The fourth-order valence-electron chi connectivity index (χ4n) is 3.95. The van der Waals surface area contributed by atoms with Crippen LogP contribution in [0.5, 0.6) is 0 Å². The molecule has 2 aromatic heterocycles. The Kier molecular flexibility index (Phi) is 5.82. The highest BCUT2D eigenvalue weighted by atomic mass is 32.1. The van der Waals surface area contributed by atoms with Crippen molar-refractivity contribution in [1.82, 2.24) is 15.4 Å². The second kappa shape index (κ2) is 8.32. The number of hydrogen-bond donors (Lipinski definition) is 1. The number of hydrogen-bond acceptors (Lipinski definition) is 7. The average molecular weight is 406 g/mol. The highest BCUT2D eigenvalue weighted by Crippen LogP contribution is 2.30. The molecule has 7 nitrogen and oxygen atoms in total. The zero-order valence-electron chi connectivity index (χ0n) is 16.6. The van der Waals surface area contributed by atoms with E-state index in [-0.39, 0.29) is 18.1 Å². The lowest BCUT2D eigenvalue weighted by Crippen LogP contribution is -2.44. The van der Waals surface area contributed by atoms with Crippen LogP contribution in [0.3, 0.4) is 0 Å². The van der Waals surface area contributed by atoms with Crippen LogP contribution in [-0.2, 0) is 29.0 Å². The molecule has 0 aromatic carbocycles. The van der Waals surface area contributed by atoms with Gasteiger partial charge in [0.25, 0.3) is 5.91 Å². The lowest BCUT2D eigenvalue weighted by atomic mass is 10.0. The van der Waals surface area contributed by atoms with Crippen LogP contribution in [0.2, 0.25) is 0 Å². The summed E-state index contributed by atoms with van der Waals surface area (Å²) in [4.78, 5) is 16.5. The van der Waals surface area contributed by atoms with E-state index in [1.165, 1.54) is 16.0 Å². The molecular formula is C20H27N3O4S. The van der Waals surface area contributed by atoms with Crippen LogP contribution < -0.4 is 5.32 Å². The fraction of sp³-hybridized carbons (Fsp3) is 0.600. The van der Waals surface area contributed by atoms with Crippen molar-refractivity contribution in [2.45, 2.75) is 52.4 Å². The summed E-state index contributed by atoms with van der Waals surface area (Å²) in [6, 6.07) is -0.0809. The van der Waals surface area contributed by atoms with Crippen molar-refractivity contribution in [3.05, 3.63) is 38.4 Å². The zero-order chi connectivity index (χ0) is 19.7. The summed E-state index contributed by atoms with van der Waals surface area (Å²) in [5.41, 5.74) is 4.11. The first-order chi connectivity index (χ1) is 13.6. The Bertz CT molecular complexity index is 827. The highest BCUT2D eigenvalue weighted by Gasteiger charge is 2.32. The van der Waals surface area contributed by atoms with Crippen LogP contribution in [0.25, 0.3) is 0 Å². The van der Waals surface area contributed by atoms with E-state index in [0.717, 1.165) is 43.1 Å². The average Bonchev–Trinajstić information content (AvgIpc) is 3.37. The van der Waals surface area contributed by atoms with Gasteiger partial charge in [0, 0.05) is 42.1 Å². The molecule has 28 heavy (non-hydrogen) atoms. The number of nitrogens with zero attached hydrogens (tertiary/aromatic N) is 2. The minimum Gasteiger partial charge on any atom is -0.376 e. The minimum atomic E-state index is -0.0809. The molecule has 0 spiro atoms. The summed E-state index contributed by atoms with van der Waals surface area (Å²) in [6.45, 7) is 10.2. The molecular weight excluding hydrogens is 378 g/mol. The molecule has 1 fully saturated rings. The van der Waals surface area contributed by atoms with E-state index in [4.69, 9.17) is 14.0 Å². The van der Waals surface area contributed by atoms with Crippen molar-refractivity contribution in [2.24, 2.45) is 0 Å². The maximum Gasteiger partial charge on any atom is 0.252 e. The van der Waals surface area contributed by atoms with E-state index in [1.54, 1.807) is 11.3 Å². The maximum absolute atomic E-state index is 12.9. The minimum absolute atomic E-state index is 0.0168. The molecule has 0 unspecified atom stereocenters. The Morgan fingerprint density at radius 1 is 1.43 bits per heavy atom. The first kappa shape index (κ1) is 19.6. The molecule has 1 amide bonds. The lowest BCUT2D eigenvalue weighted by Gasteiger charge is -2.27. The number of aromatic nitrogens is 1. The van der Waals surface area contributed by atoms with Gasteiger partial charge < -0.3 is 19.3 Å². The van der Waals surface area contributed by atoms with Crippen molar-refractivity contribution >= 4 is 17.2 Å². The third-order valence-corrected chi connectivity index (χ3v) is 6.57. The summed E-state index contributed by atoms with van der Waals surface area (Å²) in [7, 11) is 0. The van der Waals surface area contributed by atoms with Gasteiger partial charge in [-0.1, -0.05) is 5.16 Å². The number of amides is 1. The van der Waals surface area contributed by atoms with E-state index in [1.807, 2.05) is 26.2 Å². The number of rotatable bonds is 6. The van der Waals surface area contributed by atoms with Gasteiger partial charge in [0.05, 0.1) is 30.5 Å². The van der Waals surface area contributed by atoms with Gasteiger partial charge in [-0.15, -0.1) is 11.3 Å². The SMILES string of the molecule is CCO[C@H]1COC[C@@H]1NC(=O)c1csc2c1CCN(Cc1c(C)noc1C)C2. The quantitative estimate of drug-likeness (QED) is 0.796. The Morgan fingerprint density at radius 3 is 3.04 bits per heavy atom. The summed E-state index contributed by atoms with van der Waals surface area (Å²) in [6.07, 6.45) is 0.815. The number of nitrogens with one attached hydrogen (secondary N) is 1. The normalized spacial score (nSPS) is 22.4. The van der Waals surface area contributed by atoms with E-state index in [0.29, 0.717) is 19.8 Å². The fourth-order valence-corrected chi connectivity index (χ4v) is 5.07. The highest BCUT2D eigenvalue weighted by molar-refractivity contribution is 7.10. The van der Waals surface area contributed by atoms with Crippen LogP contribution in [0, 0.1) is 13.8 Å². The topological polar surface area (TPSA) is 76.8 Å². The van der Waals surface area contributed by atoms with Gasteiger partial charge in [0.1, 0.15) is 11.9 Å². The van der Waals surface area contributed by atoms with E-state index >= 15 is 0 Å². The van der Waals surface area contributed by atoms with Gasteiger partial charge >= 0.3 is 0 Å². The molecule has 0 aliphatic carbocycles. The first-order valence-electron chi connectivity index (χ1n) is 9.80. The molecule has 2 atom stereocenters. The van der Waals surface area contributed by atoms with Crippen LogP contribution in [0.4, 0.5) is 0 Å². The molecule has 0 bridgehead atoms. The predicted octanol–water partition coefficient (Wildman–Crippen LogP) is 2.44. The Labute approximate surface area is 169 Å². The van der Waals surface area contributed by atoms with Crippen molar-refractivity contribution in [2.75, 3.05) is 26.4 Å². The molecule has 0 radical (unpaired) electrons. The van der Waals surface area contributed by atoms with Gasteiger partial charge in [-0.2, -0.15) is 0 Å². The molecule has 2 aliphatic heterocycles. The smallest absolute Gasteiger partial charge is 0.252 e. The van der Waals surface area contributed by atoms with Crippen molar-refractivity contribution in [3.63, 3.8) is 0 Å². The number of carbonyl (C=O) groups is 1. The standard InChI is InChI=1S/C20H27N3O4S/c1-4-26-18-10-25-9-17(18)21-20(24)16-11-28-19-8-23(6-5-14(16)19)7-15-12(2)22-27-13(15)3/h11,17-18H,4-10H2,1-3H3,(H,21,24)/t17-,18-/m0/s1. The Balaban J connectivity index is 1.41. The first-order valence-corrected chi connectivity index (χ1v) is 10.7. The number of fused-ring (bicyclic) bond motifs is 1.